The Bertz CT molecular complexity index is 801. The molecule has 2 N–H and O–H groups in total. The predicted molar refractivity (Wildman–Crippen MR) is 147 cm³/mol. The molecular formula is C30H52N4O4. The van der Waals surface area contributed by atoms with E-state index >= 15 is 0 Å². The van der Waals surface area contributed by atoms with Gasteiger partial charge in [-0.25, -0.2) is 5.06 Å². The molecule has 4 atom stereocenters. The van der Waals surface area contributed by atoms with Crippen LogP contribution in [0.5, 0.6) is 0 Å². The lowest BCUT2D eigenvalue weighted by molar-refractivity contribution is -0.156. The zero-order valence-electron chi connectivity index (χ0n) is 24.1. The fraction of sp³-hybridized carbons (Fsp3) is 0.900. The molecular weight excluding hydrogens is 480 g/mol. The van der Waals surface area contributed by atoms with Crippen LogP contribution in [-0.2, 0) is 14.4 Å². The molecule has 2 saturated carbocycles. The van der Waals surface area contributed by atoms with E-state index in [4.69, 9.17) is 0 Å². The van der Waals surface area contributed by atoms with Crippen LogP contribution in [0.15, 0.2) is 0 Å². The van der Waals surface area contributed by atoms with Crippen molar-refractivity contribution >= 4 is 18.2 Å². The Morgan fingerprint density at radius 2 is 1.58 bits per heavy atom. The van der Waals surface area contributed by atoms with Gasteiger partial charge in [0.15, 0.2) is 0 Å². The third kappa shape index (κ3) is 7.50. The summed E-state index contributed by atoms with van der Waals surface area (Å²) in [6.45, 7) is 9.83. The first-order valence-corrected chi connectivity index (χ1v) is 15.4. The number of amides is 3. The molecule has 8 nitrogen and oxygen atoms in total. The van der Waals surface area contributed by atoms with Gasteiger partial charge in [-0.1, -0.05) is 65.7 Å². The van der Waals surface area contributed by atoms with Gasteiger partial charge in [0.1, 0.15) is 6.04 Å². The molecule has 3 amide bonds. The third-order valence-corrected chi connectivity index (χ3v) is 10.0. The SMILES string of the molecule is CC(C)(C)[C@H](NC(=O)[C@H](CC1CCCC1)CN(O)C=O)C(=O)N1CCC(N2CCC3CCCCC3C2)CC1. The maximum absolute atomic E-state index is 13.8. The number of carbonyl (C=O) groups is 3. The van der Waals surface area contributed by atoms with Crippen molar-refractivity contribution in [2.75, 3.05) is 32.7 Å². The number of carbonyl (C=O) groups excluding carboxylic acids is 3. The largest absolute Gasteiger partial charge is 0.344 e. The van der Waals surface area contributed by atoms with Crippen molar-refractivity contribution in [3.63, 3.8) is 0 Å². The fourth-order valence-corrected chi connectivity index (χ4v) is 7.69. The number of piperidine rings is 2. The highest BCUT2D eigenvalue weighted by Gasteiger charge is 2.40. The molecule has 2 heterocycles. The van der Waals surface area contributed by atoms with E-state index in [2.05, 4.69) is 10.2 Å². The first-order valence-electron chi connectivity index (χ1n) is 15.4. The Morgan fingerprint density at radius 1 is 0.947 bits per heavy atom. The van der Waals surface area contributed by atoms with Gasteiger partial charge in [-0.05, 0) is 61.8 Å². The molecule has 8 heteroatoms. The molecule has 38 heavy (non-hydrogen) atoms. The number of hydrogen-bond acceptors (Lipinski definition) is 5. The van der Waals surface area contributed by atoms with Gasteiger partial charge in [-0.2, -0.15) is 0 Å². The number of likely N-dealkylation sites (tertiary alicyclic amines) is 2. The Morgan fingerprint density at radius 3 is 2.21 bits per heavy atom. The molecule has 4 fully saturated rings. The quantitative estimate of drug-likeness (QED) is 0.265. The maximum atomic E-state index is 13.8. The molecule has 0 aromatic heterocycles. The van der Waals surface area contributed by atoms with E-state index in [1.54, 1.807) is 0 Å². The minimum absolute atomic E-state index is 0.00820. The van der Waals surface area contributed by atoms with Crippen molar-refractivity contribution in [2.24, 2.45) is 29.1 Å². The number of nitrogens with zero attached hydrogens (tertiary/aromatic N) is 3. The Kier molecular flexibility index (Phi) is 10.1. The second kappa shape index (κ2) is 13.1. The molecule has 0 aromatic carbocycles. The van der Waals surface area contributed by atoms with E-state index in [-0.39, 0.29) is 18.4 Å². The number of hydroxylamine groups is 2. The molecule has 0 bridgehead atoms. The van der Waals surface area contributed by atoms with E-state index in [9.17, 15) is 19.6 Å². The zero-order chi connectivity index (χ0) is 27.3. The lowest BCUT2D eigenvalue weighted by atomic mass is 9.74. The average molecular weight is 533 g/mol. The van der Waals surface area contributed by atoms with Crippen LogP contribution in [0.2, 0.25) is 0 Å². The Balaban J connectivity index is 1.34. The molecule has 2 aliphatic heterocycles. The summed E-state index contributed by atoms with van der Waals surface area (Å²) in [4.78, 5) is 43.0. The zero-order valence-corrected chi connectivity index (χ0v) is 24.1. The highest BCUT2D eigenvalue weighted by Crippen LogP contribution is 2.38. The van der Waals surface area contributed by atoms with Crippen LogP contribution in [0.1, 0.15) is 97.8 Å². The smallest absolute Gasteiger partial charge is 0.245 e. The van der Waals surface area contributed by atoms with Crippen LogP contribution < -0.4 is 5.32 Å². The monoisotopic (exact) mass is 532 g/mol. The molecule has 2 saturated heterocycles. The second-order valence-electron chi connectivity index (χ2n) is 13.8. The summed E-state index contributed by atoms with van der Waals surface area (Å²) in [5, 5.41) is 13.5. The van der Waals surface area contributed by atoms with Crippen LogP contribution in [0.4, 0.5) is 0 Å². The molecule has 0 spiro atoms. The summed E-state index contributed by atoms with van der Waals surface area (Å²) >= 11 is 0. The van der Waals surface area contributed by atoms with Crippen molar-refractivity contribution in [3.8, 4) is 0 Å². The van der Waals surface area contributed by atoms with Crippen molar-refractivity contribution in [1.82, 2.24) is 20.2 Å². The molecule has 4 aliphatic rings. The molecule has 2 aliphatic carbocycles. The number of hydrogen-bond donors (Lipinski definition) is 2. The van der Waals surface area contributed by atoms with Crippen molar-refractivity contribution in [2.45, 2.75) is 110 Å². The van der Waals surface area contributed by atoms with E-state index < -0.39 is 17.4 Å². The Labute approximate surface area is 229 Å². The van der Waals surface area contributed by atoms with E-state index in [1.807, 2.05) is 25.7 Å². The van der Waals surface area contributed by atoms with Gasteiger partial charge in [0.25, 0.3) is 0 Å². The van der Waals surface area contributed by atoms with Gasteiger partial charge < -0.3 is 10.2 Å². The van der Waals surface area contributed by atoms with Crippen LogP contribution in [0, 0.1) is 29.1 Å². The van der Waals surface area contributed by atoms with Gasteiger partial charge in [-0.3, -0.25) is 24.5 Å². The van der Waals surface area contributed by atoms with Crippen LogP contribution in [0.25, 0.3) is 0 Å². The van der Waals surface area contributed by atoms with Gasteiger partial charge in [0.05, 0.1) is 12.5 Å². The molecule has 0 aromatic rings. The van der Waals surface area contributed by atoms with Gasteiger partial charge in [-0.15, -0.1) is 0 Å². The second-order valence-corrected chi connectivity index (χ2v) is 13.8. The van der Waals surface area contributed by atoms with Gasteiger partial charge in [0.2, 0.25) is 18.2 Å². The van der Waals surface area contributed by atoms with Crippen molar-refractivity contribution in [3.05, 3.63) is 0 Å². The topological polar surface area (TPSA) is 93.2 Å². The third-order valence-electron chi connectivity index (χ3n) is 10.0. The standard InChI is InChI=1S/C30H52N4O4/c1-30(2,3)27(31-28(36)25(20-34(38)21-35)18-22-8-4-5-9-22)29(37)32-16-13-26(14-17-32)33-15-12-23-10-6-7-11-24(23)19-33/h21-27,38H,4-20H2,1-3H3,(H,31,36)/t23?,24?,25-,27-/m1/s1. The summed E-state index contributed by atoms with van der Waals surface area (Å²) in [6, 6.07) is -0.0849. The lowest BCUT2D eigenvalue weighted by Crippen LogP contribution is -2.59. The first kappa shape index (κ1) is 29.3. The maximum Gasteiger partial charge on any atom is 0.245 e. The molecule has 2 unspecified atom stereocenters. The summed E-state index contributed by atoms with van der Waals surface area (Å²) in [6.07, 6.45) is 14.4. The summed E-state index contributed by atoms with van der Waals surface area (Å²) in [7, 11) is 0. The first-order chi connectivity index (χ1) is 18.2. The number of rotatable bonds is 9. The Hall–Kier alpha value is -1.67. The average Bonchev–Trinajstić information content (AvgIpc) is 3.43. The minimum atomic E-state index is -0.640. The van der Waals surface area contributed by atoms with E-state index in [1.165, 1.54) is 45.2 Å². The number of nitrogens with one attached hydrogen (secondary N) is 1. The summed E-state index contributed by atoms with van der Waals surface area (Å²) in [5.41, 5.74) is -0.450. The lowest BCUT2D eigenvalue weighted by Gasteiger charge is -2.47. The van der Waals surface area contributed by atoms with E-state index in [0.717, 1.165) is 63.5 Å². The van der Waals surface area contributed by atoms with Crippen LogP contribution >= 0.6 is 0 Å². The van der Waals surface area contributed by atoms with Crippen molar-refractivity contribution in [1.29, 1.82) is 0 Å². The fourth-order valence-electron chi connectivity index (χ4n) is 7.69. The summed E-state index contributed by atoms with van der Waals surface area (Å²) < 4.78 is 0. The van der Waals surface area contributed by atoms with Gasteiger partial charge in [0, 0.05) is 25.7 Å². The van der Waals surface area contributed by atoms with Gasteiger partial charge >= 0.3 is 0 Å². The van der Waals surface area contributed by atoms with Crippen LogP contribution in [-0.4, -0.2) is 83.1 Å². The molecule has 4 rings (SSSR count). The van der Waals surface area contributed by atoms with Crippen molar-refractivity contribution < 1.29 is 19.6 Å². The number of fused-ring (bicyclic) bond motifs is 1. The normalized spacial score (nSPS) is 27.4. The van der Waals surface area contributed by atoms with Crippen LogP contribution in [0.3, 0.4) is 0 Å². The summed E-state index contributed by atoms with van der Waals surface area (Å²) in [5.74, 6) is 1.44. The van der Waals surface area contributed by atoms with E-state index in [0.29, 0.717) is 29.9 Å². The molecule has 216 valence electrons. The highest BCUT2D eigenvalue weighted by atomic mass is 16.5. The highest BCUT2D eigenvalue weighted by molar-refractivity contribution is 5.89. The minimum Gasteiger partial charge on any atom is -0.344 e. The molecule has 0 radical (unpaired) electrons. The predicted octanol–water partition coefficient (Wildman–Crippen LogP) is 4.06.